The number of nitrogens with two attached hydrogens (primary N) is 1. The highest BCUT2D eigenvalue weighted by atomic mass is 32.1. The topological polar surface area (TPSA) is 72.5 Å². The Balaban J connectivity index is 2.61. The van der Waals surface area contributed by atoms with Crippen LogP contribution in [0.5, 0.6) is 0 Å². The Morgan fingerprint density at radius 2 is 2.50 bits per heavy atom. The van der Waals surface area contributed by atoms with Crippen molar-refractivity contribution in [1.82, 2.24) is 0 Å². The van der Waals surface area contributed by atoms with Crippen LogP contribution < -0.4 is 5.73 Å². The van der Waals surface area contributed by atoms with E-state index in [1.807, 2.05) is 11.4 Å². The maximum atomic E-state index is 11.1. The number of esters is 1. The lowest BCUT2D eigenvalue weighted by Gasteiger charge is -2.15. The summed E-state index contributed by atoms with van der Waals surface area (Å²) in [5, 5.41) is 11.3. The molecular formula is C9H13NO3S. The van der Waals surface area contributed by atoms with Gasteiger partial charge in [-0.05, 0) is 18.4 Å². The minimum atomic E-state index is -1.28. The van der Waals surface area contributed by atoms with Gasteiger partial charge in [-0.1, -0.05) is 6.07 Å². The van der Waals surface area contributed by atoms with Gasteiger partial charge in [0.2, 0.25) is 0 Å². The van der Waals surface area contributed by atoms with Crippen LogP contribution in [0.4, 0.5) is 0 Å². The SMILES string of the molecule is CCOC(=O)C(O)C(N)c1cccs1. The minimum Gasteiger partial charge on any atom is -0.464 e. The normalized spacial score (nSPS) is 14.8. The largest absolute Gasteiger partial charge is 0.464 e. The fourth-order valence-electron chi connectivity index (χ4n) is 1.01. The Morgan fingerprint density at radius 3 is 3.00 bits per heavy atom. The molecule has 1 heterocycles. The van der Waals surface area contributed by atoms with Crippen molar-refractivity contribution in [3.63, 3.8) is 0 Å². The van der Waals surface area contributed by atoms with Gasteiger partial charge in [0.1, 0.15) is 0 Å². The molecule has 1 aromatic rings. The molecule has 0 aliphatic rings. The lowest BCUT2D eigenvalue weighted by Crippen LogP contribution is -2.34. The second-order valence-electron chi connectivity index (χ2n) is 2.74. The van der Waals surface area contributed by atoms with E-state index < -0.39 is 18.1 Å². The van der Waals surface area contributed by atoms with Gasteiger partial charge in [-0.2, -0.15) is 0 Å². The van der Waals surface area contributed by atoms with Crippen molar-refractivity contribution < 1.29 is 14.6 Å². The number of carbonyl (C=O) groups is 1. The van der Waals surface area contributed by atoms with E-state index in [2.05, 4.69) is 4.74 Å². The van der Waals surface area contributed by atoms with Gasteiger partial charge in [-0.15, -0.1) is 11.3 Å². The number of hydrogen-bond donors (Lipinski definition) is 2. The van der Waals surface area contributed by atoms with E-state index in [4.69, 9.17) is 5.73 Å². The third-order valence-corrected chi connectivity index (χ3v) is 2.71. The zero-order valence-electron chi connectivity index (χ0n) is 7.84. The molecule has 2 unspecified atom stereocenters. The molecule has 78 valence electrons. The summed E-state index contributed by atoms with van der Waals surface area (Å²) in [6.45, 7) is 1.92. The van der Waals surface area contributed by atoms with Crippen LogP contribution in [-0.2, 0) is 9.53 Å². The van der Waals surface area contributed by atoms with Crippen LogP contribution in [0.25, 0.3) is 0 Å². The molecule has 5 heteroatoms. The first-order valence-corrected chi connectivity index (χ1v) is 5.18. The predicted octanol–water partition coefficient (Wildman–Crippen LogP) is 0.672. The van der Waals surface area contributed by atoms with Crippen molar-refractivity contribution in [2.24, 2.45) is 5.73 Å². The summed E-state index contributed by atoms with van der Waals surface area (Å²) >= 11 is 1.40. The summed E-state index contributed by atoms with van der Waals surface area (Å²) in [5.74, 6) is -0.673. The molecule has 0 spiro atoms. The molecule has 1 rings (SSSR count). The Kier molecular flexibility index (Phi) is 4.06. The molecule has 2 atom stereocenters. The summed E-state index contributed by atoms with van der Waals surface area (Å²) in [6.07, 6.45) is -1.28. The average molecular weight is 215 g/mol. The molecule has 4 nitrogen and oxygen atoms in total. The molecule has 0 bridgehead atoms. The van der Waals surface area contributed by atoms with Gasteiger partial charge >= 0.3 is 5.97 Å². The van der Waals surface area contributed by atoms with Gasteiger partial charge in [0.15, 0.2) is 6.10 Å². The van der Waals surface area contributed by atoms with Crippen LogP contribution >= 0.6 is 11.3 Å². The highest BCUT2D eigenvalue weighted by Gasteiger charge is 2.25. The van der Waals surface area contributed by atoms with Crippen LogP contribution in [0.1, 0.15) is 17.8 Å². The molecule has 0 radical (unpaired) electrons. The van der Waals surface area contributed by atoms with Gasteiger partial charge in [0, 0.05) is 4.88 Å². The number of carbonyl (C=O) groups excluding carboxylic acids is 1. The number of thiophene rings is 1. The van der Waals surface area contributed by atoms with Gasteiger partial charge in [0.05, 0.1) is 12.6 Å². The van der Waals surface area contributed by atoms with E-state index in [0.29, 0.717) is 0 Å². The number of hydrogen-bond acceptors (Lipinski definition) is 5. The third kappa shape index (κ3) is 2.54. The zero-order chi connectivity index (χ0) is 10.6. The third-order valence-electron chi connectivity index (χ3n) is 1.74. The lowest BCUT2D eigenvalue weighted by atomic mass is 10.1. The fourth-order valence-corrected chi connectivity index (χ4v) is 1.77. The number of ether oxygens (including phenoxy) is 1. The maximum absolute atomic E-state index is 11.1. The maximum Gasteiger partial charge on any atom is 0.336 e. The Labute approximate surface area is 86.3 Å². The molecule has 0 amide bonds. The molecule has 0 aromatic carbocycles. The lowest BCUT2D eigenvalue weighted by molar-refractivity contribution is -0.154. The molecule has 0 saturated heterocycles. The molecule has 0 aliphatic carbocycles. The summed E-state index contributed by atoms with van der Waals surface area (Å²) in [4.78, 5) is 11.9. The van der Waals surface area contributed by atoms with Crippen molar-refractivity contribution >= 4 is 17.3 Å². The fraction of sp³-hybridized carbons (Fsp3) is 0.444. The smallest absolute Gasteiger partial charge is 0.336 e. The van der Waals surface area contributed by atoms with Gasteiger partial charge in [0.25, 0.3) is 0 Å². The second-order valence-corrected chi connectivity index (χ2v) is 3.72. The molecule has 1 aromatic heterocycles. The van der Waals surface area contributed by atoms with Crippen LogP contribution in [-0.4, -0.2) is 23.8 Å². The van der Waals surface area contributed by atoms with Gasteiger partial charge in [-0.25, -0.2) is 4.79 Å². The zero-order valence-corrected chi connectivity index (χ0v) is 8.66. The first kappa shape index (κ1) is 11.2. The van der Waals surface area contributed by atoms with Crippen molar-refractivity contribution in [3.05, 3.63) is 22.4 Å². The molecule has 0 saturated carbocycles. The highest BCUT2D eigenvalue weighted by Crippen LogP contribution is 2.20. The molecular weight excluding hydrogens is 202 g/mol. The molecule has 3 N–H and O–H groups in total. The highest BCUT2D eigenvalue weighted by molar-refractivity contribution is 7.10. The predicted molar refractivity (Wildman–Crippen MR) is 53.9 cm³/mol. The van der Waals surface area contributed by atoms with Crippen molar-refractivity contribution in [3.8, 4) is 0 Å². The van der Waals surface area contributed by atoms with Crippen LogP contribution in [0.3, 0.4) is 0 Å². The summed E-state index contributed by atoms with van der Waals surface area (Å²) < 4.78 is 4.66. The van der Waals surface area contributed by atoms with E-state index in [9.17, 15) is 9.90 Å². The van der Waals surface area contributed by atoms with E-state index in [1.54, 1.807) is 13.0 Å². The van der Waals surface area contributed by atoms with Crippen molar-refractivity contribution in [2.75, 3.05) is 6.61 Å². The first-order valence-electron chi connectivity index (χ1n) is 4.30. The average Bonchev–Trinajstić information content (AvgIpc) is 2.68. The standard InChI is InChI=1S/C9H13NO3S/c1-2-13-9(12)8(11)7(10)6-4-3-5-14-6/h3-5,7-8,11H,2,10H2,1H3. The van der Waals surface area contributed by atoms with Crippen molar-refractivity contribution in [1.29, 1.82) is 0 Å². The summed E-state index contributed by atoms with van der Waals surface area (Å²) in [6, 6.07) is 2.89. The number of aliphatic hydroxyl groups is 1. The molecule has 0 fully saturated rings. The van der Waals surface area contributed by atoms with Crippen molar-refractivity contribution in [2.45, 2.75) is 19.1 Å². The molecule has 14 heavy (non-hydrogen) atoms. The Hall–Kier alpha value is -0.910. The van der Waals surface area contributed by atoms with Crippen LogP contribution in [0.15, 0.2) is 17.5 Å². The van der Waals surface area contributed by atoms with Crippen LogP contribution in [0.2, 0.25) is 0 Å². The van der Waals surface area contributed by atoms with E-state index in [0.717, 1.165) is 4.88 Å². The second kappa shape index (κ2) is 5.09. The summed E-state index contributed by atoms with van der Waals surface area (Å²) in [7, 11) is 0. The Morgan fingerprint density at radius 1 is 1.79 bits per heavy atom. The molecule has 0 aliphatic heterocycles. The van der Waals surface area contributed by atoms with Crippen LogP contribution in [0, 0.1) is 0 Å². The quantitative estimate of drug-likeness (QED) is 0.724. The van der Waals surface area contributed by atoms with Gasteiger partial charge < -0.3 is 15.6 Å². The number of rotatable bonds is 4. The van der Waals surface area contributed by atoms with E-state index in [1.165, 1.54) is 11.3 Å². The van der Waals surface area contributed by atoms with E-state index >= 15 is 0 Å². The number of aliphatic hydroxyl groups excluding tert-OH is 1. The first-order chi connectivity index (χ1) is 6.66. The summed E-state index contributed by atoms with van der Waals surface area (Å²) in [5.41, 5.74) is 5.67. The minimum absolute atomic E-state index is 0.243. The van der Waals surface area contributed by atoms with E-state index in [-0.39, 0.29) is 6.61 Å². The Bertz CT molecular complexity index is 286. The van der Waals surface area contributed by atoms with Gasteiger partial charge in [-0.3, -0.25) is 0 Å². The monoisotopic (exact) mass is 215 g/mol.